The molecule has 0 saturated heterocycles. The molecular formula is C7H12N2O2. The van der Waals surface area contributed by atoms with E-state index in [1.165, 1.54) is 0 Å². The van der Waals surface area contributed by atoms with Gasteiger partial charge in [-0.1, -0.05) is 0 Å². The van der Waals surface area contributed by atoms with Gasteiger partial charge in [-0.15, -0.1) is 0 Å². The minimum absolute atomic E-state index is 0.609. The predicted molar refractivity (Wildman–Crippen MR) is 41.5 cm³/mol. The molecule has 2 N–H and O–H groups in total. The monoisotopic (exact) mass is 156 g/mol. The number of rotatable bonds is 1. The predicted octanol–water partition coefficient (Wildman–Crippen LogP) is 0.589. The lowest BCUT2D eigenvalue weighted by Gasteiger charge is -2.28. The highest BCUT2D eigenvalue weighted by molar-refractivity contribution is 5.86. The third-order valence-corrected chi connectivity index (χ3v) is 1.95. The molecule has 0 radical (unpaired) electrons. The van der Waals surface area contributed by atoms with Gasteiger partial charge in [0.25, 0.3) is 0 Å². The fourth-order valence-corrected chi connectivity index (χ4v) is 0.916. The van der Waals surface area contributed by atoms with Crippen molar-refractivity contribution in [2.75, 3.05) is 0 Å². The Kier molecular flexibility index (Phi) is 1.85. The second kappa shape index (κ2) is 2.53. The van der Waals surface area contributed by atoms with Crippen molar-refractivity contribution in [1.82, 2.24) is 5.43 Å². The van der Waals surface area contributed by atoms with E-state index < -0.39 is 11.5 Å². The van der Waals surface area contributed by atoms with Gasteiger partial charge in [0.1, 0.15) is 5.54 Å². The molecule has 1 rings (SSSR count). The molecule has 0 spiro atoms. The van der Waals surface area contributed by atoms with E-state index in [2.05, 4.69) is 10.5 Å². The highest BCUT2D eigenvalue weighted by Crippen LogP contribution is 2.16. The van der Waals surface area contributed by atoms with Crippen LogP contribution in [0.5, 0.6) is 0 Å². The molecule has 1 aliphatic heterocycles. The molecule has 0 saturated carbocycles. The van der Waals surface area contributed by atoms with E-state index in [0.29, 0.717) is 6.42 Å². The largest absolute Gasteiger partial charge is 0.479 e. The molecule has 4 heteroatoms. The molecule has 62 valence electrons. The molecule has 0 fully saturated rings. The van der Waals surface area contributed by atoms with E-state index in [0.717, 1.165) is 12.1 Å². The second-order valence-corrected chi connectivity index (χ2v) is 3.10. The number of hydrazone groups is 1. The van der Waals surface area contributed by atoms with Crippen LogP contribution in [0.2, 0.25) is 0 Å². The third-order valence-electron chi connectivity index (χ3n) is 1.95. The lowest BCUT2D eigenvalue weighted by molar-refractivity contribution is -0.144. The van der Waals surface area contributed by atoms with Gasteiger partial charge in [-0.2, -0.15) is 5.10 Å². The Hall–Kier alpha value is -1.06. The zero-order valence-corrected chi connectivity index (χ0v) is 6.72. The molecule has 0 aromatic heterocycles. The molecule has 11 heavy (non-hydrogen) atoms. The summed E-state index contributed by atoms with van der Waals surface area (Å²) in [6.45, 7) is 3.53. The van der Waals surface area contributed by atoms with Gasteiger partial charge < -0.3 is 5.11 Å². The average molecular weight is 156 g/mol. The SMILES string of the molecule is CC1=NNC(C)(C(=O)O)CC1. The van der Waals surface area contributed by atoms with E-state index >= 15 is 0 Å². The summed E-state index contributed by atoms with van der Waals surface area (Å²) in [5.74, 6) is -0.839. The fourth-order valence-electron chi connectivity index (χ4n) is 0.916. The molecule has 1 atom stereocenters. The van der Waals surface area contributed by atoms with E-state index in [-0.39, 0.29) is 0 Å². The molecule has 1 unspecified atom stereocenters. The average Bonchev–Trinajstić information content (AvgIpc) is 1.95. The topological polar surface area (TPSA) is 61.7 Å². The summed E-state index contributed by atoms with van der Waals surface area (Å²) in [6.07, 6.45) is 1.37. The van der Waals surface area contributed by atoms with Crippen molar-refractivity contribution in [3.8, 4) is 0 Å². The molecule has 0 aliphatic carbocycles. The lowest BCUT2D eigenvalue weighted by atomic mass is 9.94. The highest BCUT2D eigenvalue weighted by Gasteiger charge is 2.34. The highest BCUT2D eigenvalue weighted by atomic mass is 16.4. The first-order chi connectivity index (χ1) is 5.04. The number of hydrogen-bond donors (Lipinski definition) is 2. The first-order valence-electron chi connectivity index (χ1n) is 3.58. The van der Waals surface area contributed by atoms with Gasteiger partial charge in [0.05, 0.1) is 0 Å². The Balaban J connectivity index is 2.71. The van der Waals surface area contributed by atoms with Gasteiger partial charge in [-0.3, -0.25) is 5.43 Å². The maximum Gasteiger partial charge on any atom is 0.330 e. The van der Waals surface area contributed by atoms with E-state index in [1.807, 2.05) is 6.92 Å². The normalized spacial score (nSPS) is 30.5. The van der Waals surface area contributed by atoms with Crippen molar-refractivity contribution in [2.45, 2.75) is 32.2 Å². The van der Waals surface area contributed by atoms with Crippen LogP contribution < -0.4 is 5.43 Å². The second-order valence-electron chi connectivity index (χ2n) is 3.10. The first kappa shape index (κ1) is 8.04. The van der Waals surface area contributed by atoms with Gasteiger partial charge in [0.15, 0.2) is 0 Å². The van der Waals surface area contributed by atoms with Crippen LogP contribution in [0.15, 0.2) is 5.10 Å². The van der Waals surface area contributed by atoms with Crippen LogP contribution in [0.3, 0.4) is 0 Å². The van der Waals surface area contributed by atoms with E-state index in [9.17, 15) is 4.79 Å². The summed E-state index contributed by atoms with van der Waals surface area (Å²) in [6, 6.07) is 0. The van der Waals surface area contributed by atoms with Crippen LogP contribution in [0.1, 0.15) is 26.7 Å². The smallest absolute Gasteiger partial charge is 0.330 e. The molecule has 4 nitrogen and oxygen atoms in total. The maximum atomic E-state index is 10.7. The number of carbonyl (C=O) groups is 1. The summed E-state index contributed by atoms with van der Waals surface area (Å²) >= 11 is 0. The molecule has 0 aromatic rings. The van der Waals surface area contributed by atoms with Crippen LogP contribution in [0, 0.1) is 0 Å². The van der Waals surface area contributed by atoms with Crippen LogP contribution in [0.25, 0.3) is 0 Å². The standard InChI is InChI=1S/C7H12N2O2/c1-5-3-4-7(2,6(10)11)9-8-5/h9H,3-4H2,1-2H3,(H,10,11). The number of nitrogens with zero attached hydrogens (tertiary/aromatic N) is 1. The van der Waals surface area contributed by atoms with Crippen molar-refractivity contribution < 1.29 is 9.90 Å². The van der Waals surface area contributed by atoms with E-state index in [4.69, 9.17) is 5.11 Å². The van der Waals surface area contributed by atoms with Crippen LogP contribution in [0.4, 0.5) is 0 Å². The molecule has 1 heterocycles. The summed E-state index contributed by atoms with van der Waals surface area (Å²) in [7, 11) is 0. The summed E-state index contributed by atoms with van der Waals surface area (Å²) in [4.78, 5) is 10.7. The minimum atomic E-state index is -0.862. The molecule has 1 aliphatic rings. The Morgan fingerprint density at radius 3 is 2.82 bits per heavy atom. The quantitative estimate of drug-likeness (QED) is 0.584. The van der Waals surface area contributed by atoms with Gasteiger partial charge in [-0.25, -0.2) is 4.79 Å². The molecule has 0 bridgehead atoms. The van der Waals surface area contributed by atoms with Gasteiger partial charge in [0.2, 0.25) is 0 Å². The third kappa shape index (κ3) is 1.50. The summed E-state index contributed by atoms with van der Waals surface area (Å²) in [5, 5.41) is 12.6. The minimum Gasteiger partial charge on any atom is -0.479 e. The summed E-state index contributed by atoms with van der Waals surface area (Å²) in [5.41, 5.74) is 2.73. The molecule has 0 amide bonds. The van der Waals surface area contributed by atoms with Crippen molar-refractivity contribution in [2.24, 2.45) is 5.10 Å². The maximum absolute atomic E-state index is 10.7. The number of carboxylic acids is 1. The van der Waals surface area contributed by atoms with Gasteiger partial charge in [-0.05, 0) is 26.7 Å². The van der Waals surface area contributed by atoms with Crippen molar-refractivity contribution in [3.05, 3.63) is 0 Å². The zero-order valence-electron chi connectivity index (χ0n) is 6.72. The fraction of sp³-hybridized carbons (Fsp3) is 0.714. The first-order valence-corrected chi connectivity index (χ1v) is 3.58. The Morgan fingerprint density at radius 1 is 1.82 bits per heavy atom. The van der Waals surface area contributed by atoms with Crippen LogP contribution >= 0.6 is 0 Å². The van der Waals surface area contributed by atoms with Crippen molar-refractivity contribution in [1.29, 1.82) is 0 Å². The number of hydrogen-bond acceptors (Lipinski definition) is 3. The van der Waals surface area contributed by atoms with E-state index in [1.54, 1.807) is 6.92 Å². The lowest BCUT2D eigenvalue weighted by Crippen LogP contribution is -2.49. The van der Waals surface area contributed by atoms with Gasteiger partial charge >= 0.3 is 5.97 Å². The van der Waals surface area contributed by atoms with Crippen LogP contribution in [-0.2, 0) is 4.79 Å². The van der Waals surface area contributed by atoms with Gasteiger partial charge in [0, 0.05) is 5.71 Å². The van der Waals surface area contributed by atoms with Crippen molar-refractivity contribution in [3.63, 3.8) is 0 Å². The Labute approximate surface area is 65.3 Å². The molecular weight excluding hydrogens is 144 g/mol. The summed E-state index contributed by atoms with van der Waals surface area (Å²) < 4.78 is 0. The number of carboxylic acid groups (broad SMARTS) is 1. The Bertz CT molecular complexity index is 212. The van der Waals surface area contributed by atoms with Crippen LogP contribution in [-0.4, -0.2) is 22.3 Å². The molecule has 0 aromatic carbocycles. The van der Waals surface area contributed by atoms with Crippen molar-refractivity contribution >= 4 is 11.7 Å². The number of aliphatic carboxylic acids is 1. The zero-order chi connectivity index (χ0) is 8.48. The Morgan fingerprint density at radius 2 is 2.45 bits per heavy atom. The number of nitrogens with one attached hydrogen (secondary N) is 1.